The lowest BCUT2D eigenvalue weighted by Crippen LogP contribution is -1.97. The van der Waals surface area contributed by atoms with E-state index >= 15 is 0 Å². The molecule has 0 aliphatic carbocycles. The number of para-hydroxylation sites is 1. The zero-order valence-corrected chi connectivity index (χ0v) is 12.8. The van der Waals surface area contributed by atoms with E-state index in [1.807, 2.05) is 31.2 Å². The van der Waals surface area contributed by atoms with E-state index in [0.29, 0.717) is 6.61 Å². The van der Waals surface area contributed by atoms with Gasteiger partial charge in [0, 0.05) is 6.08 Å². The second kappa shape index (κ2) is 7.04. The number of aromatic nitrogens is 1. The zero-order valence-electron chi connectivity index (χ0n) is 12.0. The van der Waals surface area contributed by atoms with Crippen molar-refractivity contribution in [2.75, 3.05) is 0 Å². The SMILES string of the molecule is CCc1ccccc1OCc1nc(C)c(/C=C/C(=O)O)s1. The fourth-order valence-corrected chi connectivity index (χ4v) is 2.79. The van der Waals surface area contributed by atoms with Gasteiger partial charge in [-0.05, 0) is 31.1 Å². The van der Waals surface area contributed by atoms with Crippen molar-refractivity contribution in [2.45, 2.75) is 26.9 Å². The minimum Gasteiger partial charge on any atom is -0.486 e. The minimum atomic E-state index is -0.961. The molecule has 0 aliphatic heterocycles. The Hall–Kier alpha value is -2.14. The van der Waals surface area contributed by atoms with Gasteiger partial charge in [0.05, 0.1) is 10.6 Å². The van der Waals surface area contributed by atoms with Crippen LogP contribution in [-0.4, -0.2) is 16.1 Å². The first-order chi connectivity index (χ1) is 10.1. The molecule has 2 aromatic rings. The van der Waals surface area contributed by atoms with Crippen LogP contribution in [0.3, 0.4) is 0 Å². The minimum absolute atomic E-state index is 0.392. The number of carbonyl (C=O) groups is 1. The van der Waals surface area contributed by atoms with Crippen molar-refractivity contribution in [1.82, 2.24) is 4.98 Å². The second-order valence-electron chi connectivity index (χ2n) is 4.48. The number of thiazole rings is 1. The van der Waals surface area contributed by atoms with Gasteiger partial charge in [-0.15, -0.1) is 11.3 Å². The number of carboxylic acid groups (broad SMARTS) is 1. The number of benzene rings is 1. The van der Waals surface area contributed by atoms with Crippen molar-refractivity contribution in [3.05, 3.63) is 51.5 Å². The maximum atomic E-state index is 10.5. The summed E-state index contributed by atoms with van der Waals surface area (Å²) in [6.07, 6.45) is 3.61. The molecule has 1 aromatic heterocycles. The van der Waals surface area contributed by atoms with E-state index < -0.39 is 5.97 Å². The molecule has 0 aliphatic rings. The van der Waals surface area contributed by atoms with Crippen molar-refractivity contribution in [2.24, 2.45) is 0 Å². The van der Waals surface area contributed by atoms with Crippen molar-refractivity contribution in [3.8, 4) is 5.75 Å². The Balaban J connectivity index is 2.07. The molecule has 1 heterocycles. The molecule has 0 saturated heterocycles. The first-order valence-electron chi connectivity index (χ1n) is 6.68. The van der Waals surface area contributed by atoms with Gasteiger partial charge in [0.1, 0.15) is 17.4 Å². The summed E-state index contributed by atoms with van der Waals surface area (Å²) in [4.78, 5) is 15.8. The molecular formula is C16H17NO3S. The summed E-state index contributed by atoms with van der Waals surface area (Å²) in [6.45, 7) is 4.34. The molecule has 1 N–H and O–H groups in total. The van der Waals surface area contributed by atoms with Crippen LogP contribution in [0.1, 0.15) is 28.1 Å². The Morgan fingerprint density at radius 3 is 2.90 bits per heavy atom. The highest BCUT2D eigenvalue weighted by Gasteiger charge is 2.07. The van der Waals surface area contributed by atoms with Gasteiger partial charge in [-0.25, -0.2) is 9.78 Å². The highest BCUT2D eigenvalue weighted by molar-refractivity contribution is 7.12. The van der Waals surface area contributed by atoms with Crippen molar-refractivity contribution in [3.63, 3.8) is 0 Å². The van der Waals surface area contributed by atoms with Crippen LogP contribution in [0.2, 0.25) is 0 Å². The first-order valence-corrected chi connectivity index (χ1v) is 7.49. The predicted molar refractivity (Wildman–Crippen MR) is 83.7 cm³/mol. The molecule has 0 spiro atoms. The molecule has 2 rings (SSSR count). The van der Waals surface area contributed by atoms with Gasteiger partial charge in [0.15, 0.2) is 0 Å². The third-order valence-electron chi connectivity index (χ3n) is 2.96. The molecule has 0 unspecified atom stereocenters. The summed E-state index contributed by atoms with van der Waals surface area (Å²) in [7, 11) is 0. The maximum Gasteiger partial charge on any atom is 0.328 e. The molecule has 0 radical (unpaired) electrons. The summed E-state index contributed by atoms with van der Waals surface area (Å²) in [5.41, 5.74) is 1.98. The van der Waals surface area contributed by atoms with Crippen LogP contribution in [-0.2, 0) is 17.8 Å². The molecule has 5 heteroatoms. The van der Waals surface area contributed by atoms with E-state index in [1.54, 1.807) is 6.08 Å². The number of hydrogen-bond donors (Lipinski definition) is 1. The van der Waals surface area contributed by atoms with Gasteiger partial charge in [0.2, 0.25) is 0 Å². The fourth-order valence-electron chi connectivity index (χ4n) is 1.91. The largest absolute Gasteiger partial charge is 0.486 e. The smallest absolute Gasteiger partial charge is 0.328 e. The number of carboxylic acids is 1. The monoisotopic (exact) mass is 303 g/mol. The standard InChI is InChI=1S/C16H17NO3S/c1-3-12-6-4-5-7-13(12)20-10-15-17-11(2)14(21-15)8-9-16(18)19/h4-9H,3,10H2,1-2H3,(H,18,19)/b9-8+. The van der Waals surface area contributed by atoms with Crippen molar-refractivity contribution in [1.29, 1.82) is 0 Å². The lowest BCUT2D eigenvalue weighted by molar-refractivity contribution is -0.131. The van der Waals surface area contributed by atoms with Gasteiger partial charge in [-0.3, -0.25) is 0 Å². The van der Waals surface area contributed by atoms with Crippen LogP contribution in [0.25, 0.3) is 6.08 Å². The Labute approximate surface area is 127 Å². The molecule has 0 atom stereocenters. The van der Waals surface area contributed by atoms with E-state index in [1.165, 1.54) is 11.3 Å². The third kappa shape index (κ3) is 4.16. The molecule has 21 heavy (non-hydrogen) atoms. The Morgan fingerprint density at radius 2 is 2.19 bits per heavy atom. The third-order valence-corrected chi connectivity index (χ3v) is 4.05. The van der Waals surface area contributed by atoms with Crippen LogP contribution in [0.4, 0.5) is 0 Å². The zero-order chi connectivity index (χ0) is 15.2. The van der Waals surface area contributed by atoms with Gasteiger partial charge in [-0.1, -0.05) is 25.1 Å². The van der Waals surface area contributed by atoms with Crippen LogP contribution in [0.5, 0.6) is 5.75 Å². The summed E-state index contributed by atoms with van der Waals surface area (Å²) in [6, 6.07) is 7.94. The van der Waals surface area contributed by atoms with Gasteiger partial charge in [-0.2, -0.15) is 0 Å². The maximum absolute atomic E-state index is 10.5. The summed E-state index contributed by atoms with van der Waals surface area (Å²) < 4.78 is 5.82. The van der Waals surface area contributed by atoms with Gasteiger partial charge in [0.25, 0.3) is 0 Å². The molecule has 0 amide bonds. The van der Waals surface area contributed by atoms with Crippen molar-refractivity contribution < 1.29 is 14.6 Å². The van der Waals surface area contributed by atoms with Crippen molar-refractivity contribution >= 4 is 23.4 Å². The highest BCUT2D eigenvalue weighted by atomic mass is 32.1. The Kier molecular flexibility index (Phi) is 5.11. The number of aryl methyl sites for hydroxylation is 2. The lowest BCUT2D eigenvalue weighted by atomic mass is 10.1. The topological polar surface area (TPSA) is 59.4 Å². The molecule has 0 saturated carbocycles. The van der Waals surface area contributed by atoms with Gasteiger partial charge < -0.3 is 9.84 Å². The number of aliphatic carboxylic acids is 1. The number of hydrogen-bond acceptors (Lipinski definition) is 4. The number of ether oxygens (including phenoxy) is 1. The average Bonchev–Trinajstić information content (AvgIpc) is 2.83. The molecule has 4 nitrogen and oxygen atoms in total. The quantitative estimate of drug-likeness (QED) is 0.827. The first kappa shape index (κ1) is 15.3. The second-order valence-corrected chi connectivity index (χ2v) is 5.59. The highest BCUT2D eigenvalue weighted by Crippen LogP contribution is 2.23. The van der Waals surface area contributed by atoms with E-state index in [9.17, 15) is 4.79 Å². The van der Waals surface area contributed by atoms with E-state index in [-0.39, 0.29) is 0 Å². The van der Waals surface area contributed by atoms with Crippen LogP contribution in [0, 0.1) is 6.92 Å². The van der Waals surface area contributed by atoms with E-state index in [2.05, 4.69) is 11.9 Å². The van der Waals surface area contributed by atoms with E-state index in [0.717, 1.165) is 39.4 Å². The molecule has 1 aromatic carbocycles. The molecule has 0 bridgehead atoms. The fraction of sp³-hybridized carbons (Fsp3) is 0.250. The number of rotatable bonds is 6. The summed E-state index contributed by atoms with van der Waals surface area (Å²) in [5.74, 6) is -0.0899. The molecule has 0 fully saturated rings. The predicted octanol–water partition coefficient (Wildman–Crippen LogP) is 3.69. The van der Waals surface area contributed by atoms with Crippen LogP contribution >= 0.6 is 11.3 Å². The lowest BCUT2D eigenvalue weighted by Gasteiger charge is -2.08. The van der Waals surface area contributed by atoms with Gasteiger partial charge >= 0.3 is 5.97 Å². The number of nitrogens with zero attached hydrogens (tertiary/aromatic N) is 1. The summed E-state index contributed by atoms with van der Waals surface area (Å²) in [5, 5.41) is 9.49. The van der Waals surface area contributed by atoms with E-state index in [4.69, 9.17) is 9.84 Å². The normalized spacial score (nSPS) is 11.0. The van der Waals surface area contributed by atoms with Crippen LogP contribution < -0.4 is 4.74 Å². The molecule has 110 valence electrons. The Bertz CT molecular complexity index is 661. The summed E-state index contributed by atoms with van der Waals surface area (Å²) >= 11 is 1.45. The molecular weight excluding hydrogens is 286 g/mol. The Morgan fingerprint density at radius 1 is 1.43 bits per heavy atom. The average molecular weight is 303 g/mol. The van der Waals surface area contributed by atoms with Crippen LogP contribution in [0.15, 0.2) is 30.3 Å².